The second-order valence-corrected chi connectivity index (χ2v) is 7.96. The van der Waals surface area contributed by atoms with Gasteiger partial charge in [0.1, 0.15) is 0 Å². The molecule has 0 bridgehead atoms. The molecule has 9 heteroatoms. The average Bonchev–Trinajstić information content (AvgIpc) is 2.93. The molecule has 1 aliphatic heterocycles. The summed E-state index contributed by atoms with van der Waals surface area (Å²) in [7, 11) is -1.38. The lowest BCUT2D eigenvalue weighted by Gasteiger charge is -2.34. The van der Waals surface area contributed by atoms with E-state index in [0.29, 0.717) is 31.9 Å². The lowest BCUT2D eigenvalue weighted by atomic mass is 10.1. The fourth-order valence-corrected chi connectivity index (χ4v) is 4.65. The van der Waals surface area contributed by atoms with Crippen molar-refractivity contribution in [1.29, 1.82) is 0 Å². The predicted octanol–water partition coefficient (Wildman–Crippen LogP) is 0.789. The van der Waals surface area contributed by atoms with E-state index in [1.54, 1.807) is 29.1 Å². The molecular formula is C15H22N6O2S. The van der Waals surface area contributed by atoms with Gasteiger partial charge in [0.25, 0.3) is 0 Å². The quantitative estimate of drug-likeness (QED) is 0.828. The molecule has 0 aromatic carbocycles. The Labute approximate surface area is 142 Å². The standard InChI is InChI=1S/C15H22N6O2S/c1-3-7-24(22,23)21-10-13-14(20(2)11-19-13)8-12(21)9-18-15-16-5-4-6-17-15/h4-6,11-12H,3,7-10H2,1-2H3,(H,16,17,18)/t12-/m1/s1. The zero-order valence-corrected chi connectivity index (χ0v) is 14.7. The summed E-state index contributed by atoms with van der Waals surface area (Å²) >= 11 is 0. The number of nitrogens with zero attached hydrogens (tertiary/aromatic N) is 5. The molecule has 0 fully saturated rings. The number of rotatable bonds is 6. The van der Waals surface area contributed by atoms with Crippen LogP contribution in [0, 0.1) is 0 Å². The van der Waals surface area contributed by atoms with Crippen molar-refractivity contribution >= 4 is 16.0 Å². The molecule has 0 unspecified atom stereocenters. The Morgan fingerprint density at radius 1 is 1.29 bits per heavy atom. The molecule has 0 aliphatic carbocycles. The molecule has 0 spiro atoms. The number of anilines is 1. The highest BCUT2D eigenvalue weighted by atomic mass is 32.2. The molecule has 1 aliphatic rings. The van der Waals surface area contributed by atoms with Crippen LogP contribution in [0.25, 0.3) is 0 Å². The van der Waals surface area contributed by atoms with Crippen molar-refractivity contribution < 1.29 is 8.42 Å². The van der Waals surface area contributed by atoms with E-state index in [0.717, 1.165) is 11.4 Å². The van der Waals surface area contributed by atoms with Crippen LogP contribution in [-0.2, 0) is 30.0 Å². The molecule has 24 heavy (non-hydrogen) atoms. The summed E-state index contributed by atoms with van der Waals surface area (Å²) in [6.45, 7) is 2.65. The first-order valence-corrected chi connectivity index (χ1v) is 9.61. The van der Waals surface area contributed by atoms with E-state index in [4.69, 9.17) is 0 Å². The lowest BCUT2D eigenvalue weighted by Crippen LogP contribution is -2.48. The minimum atomic E-state index is -3.32. The number of imidazole rings is 1. The van der Waals surface area contributed by atoms with Crippen LogP contribution in [0.4, 0.5) is 5.95 Å². The molecule has 3 heterocycles. The van der Waals surface area contributed by atoms with Crippen molar-refractivity contribution in [3.63, 3.8) is 0 Å². The Balaban J connectivity index is 1.83. The summed E-state index contributed by atoms with van der Waals surface area (Å²) < 4.78 is 28.8. The van der Waals surface area contributed by atoms with Gasteiger partial charge in [-0.2, -0.15) is 4.31 Å². The number of aryl methyl sites for hydroxylation is 1. The molecule has 0 saturated carbocycles. The van der Waals surface area contributed by atoms with Crippen LogP contribution in [-0.4, -0.2) is 50.6 Å². The maximum atomic E-state index is 12.7. The van der Waals surface area contributed by atoms with E-state index >= 15 is 0 Å². The number of hydrogen-bond donors (Lipinski definition) is 1. The normalized spacial score (nSPS) is 18.3. The largest absolute Gasteiger partial charge is 0.353 e. The van der Waals surface area contributed by atoms with Gasteiger partial charge in [0.15, 0.2) is 0 Å². The van der Waals surface area contributed by atoms with Crippen LogP contribution in [0.2, 0.25) is 0 Å². The summed E-state index contributed by atoms with van der Waals surface area (Å²) in [5.41, 5.74) is 1.92. The van der Waals surface area contributed by atoms with E-state index in [-0.39, 0.29) is 11.8 Å². The Kier molecular flexibility index (Phi) is 4.81. The third-order valence-corrected chi connectivity index (χ3v) is 6.23. The van der Waals surface area contributed by atoms with Gasteiger partial charge < -0.3 is 9.88 Å². The van der Waals surface area contributed by atoms with Gasteiger partial charge in [0.2, 0.25) is 16.0 Å². The molecule has 0 saturated heterocycles. The Hall–Kier alpha value is -2.00. The maximum Gasteiger partial charge on any atom is 0.222 e. The van der Waals surface area contributed by atoms with Gasteiger partial charge in [0, 0.05) is 44.1 Å². The zero-order chi connectivity index (χ0) is 17.2. The van der Waals surface area contributed by atoms with Crippen molar-refractivity contribution in [3.05, 3.63) is 36.2 Å². The molecule has 1 atom stereocenters. The average molecular weight is 350 g/mol. The van der Waals surface area contributed by atoms with Crippen molar-refractivity contribution in [3.8, 4) is 0 Å². The minimum Gasteiger partial charge on any atom is -0.353 e. The first-order valence-electron chi connectivity index (χ1n) is 8.00. The molecule has 0 radical (unpaired) electrons. The molecule has 8 nitrogen and oxygen atoms in total. The second-order valence-electron chi connectivity index (χ2n) is 5.92. The fraction of sp³-hybridized carbons (Fsp3) is 0.533. The van der Waals surface area contributed by atoms with E-state index in [9.17, 15) is 8.42 Å². The topological polar surface area (TPSA) is 93.0 Å². The molecule has 3 rings (SSSR count). The molecule has 0 amide bonds. The maximum absolute atomic E-state index is 12.7. The van der Waals surface area contributed by atoms with Gasteiger partial charge in [-0.3, -0.25) is 0 Å². The van der Waals surface area contributed by atoms with E-state index in [1.807, 2.05) is 18.5 Å². The third-order valence-electron chi connectivity index (χ3n) is 4.17. The SMILES string of the molecule is CCCS(=O)(=O)N1Cc2ncn(C)c2C[C@@H]1CNc1ncccn1. The number of sulfonamides is 1. The van der Waals surface area contributed by atoms with Crippen LogP contribution in [0.1, 0.15) is 24.7 Å². The summed E-state index contributed by atoms with van der Waals surface area (Å²) in [6.07, 6.45) is 6.26. The van der Waals surface area contributed by atoms with E-state index in [1.165, 1.54) is 0 Å². The number of hydrogen-bond acceptors (Lipinski definition) is 6. The van der Waals surface area contributed by atoms with Gasteiger partial charge in [-0.25, -0.2) is 23.4 Å². The highest BCUT2D eigenvalue weighted by Crippen LogP contribution is 2.25. The van der Waals surface area contributed by atoms with Gasteiger partial charge in [-0.1, -0.05) is 6.92 Å². The first-order chi connectivity index (χ1) is 11.5. The highest BCUT2D eigenvalue weighted by Gasteiger charge is 2.36. The van der Waals surface area contributed by atoms with Crippen LogP contribution < -0.4 is 5.32 Å². The van der Waals surface area contributed by atoms with Gasteiger partial charge in [0.05, 0.1) is 24.3 Å². The molecule has 2 aromatic heterocycles. The highest BCUT2D eigenvalue weighted by molar-refractivity contribution is 7.89. The third kappa shape index (κ3) is 3.41. The van der Waals surface area contributed by atoms with E-state index < -0.39 is 10.0 Å². The minimum absolute atomic E-state index is 0.146. The van der Waals surface area contributed by atoms with Crippen molar-refractivity contribution in [2.45, 2.75) is 32.4 Å². The van der Waals surface area contributed by atoms with Crippen LogP contribution in [0.5, 0.6) is 0 Å². The summed E-state index contributed by atoms with van der Waals surface area (Å²) in [5.74, 6) is 0.647. The fourth-order valence-electron chi connectivity index (χ4n) is 2.97. The predicted molar refractivity (Wildman–Crippen MR) is 90.8 cm³/mol. The van der Waals surface area contributed by atoms with Crippen LogP contribution in [0.15, 0.2) is 24.8 Å². The number of aromatic nitrogens is 4. The molecule has 1 N–H and O–H groups in total. The zero-order valence-electron chi connectivity index (χ0n) is 13.9. The molecule has 130 valence electrons. The van der Waals surface area contributed by atoms with Crippen molar-refractivity contribution in [1.82, 2.24) is 23.8 Å². The van der Waals surface area contributed by atoms with Crippen LogP contribution in [0.3, 0.4) is 0 Å². The summed E-state index contributed by atoms with van der Waals surface area (Å²) in [4.78, 5) is 12.6. The van der Waals surface area contributed by atoms with E-state index in [2.05, 4.69) is 20.3 Å². The smallest absolute Gasteiger partial charge is 0.222 e. The number of fused-ring (bicyclic) bond motifs is 1. The van der Waals surface area contributed by atoms with Crippen molar-refractivity contribution in [2.24, 2.45) is 7.05 Å². The second kappa shape index (κ2) is 6.86. The van der Waals surface area contributed by atoms with Gasteiger partial charge in [-0.15, -0.1) is 0 Å². The lowest BCUT2D eigenvalue weighted by molar-refractivity contribution is 0.294. The number of nitrogens with one attached hydrogen (secondary N) is 1. The van der Waals surface area contributed by atoms with Crippen molar-refractivity contribution in [2.75, 3.05) is 17.6 Å². The van der Waals surface area contributed by atoms with Crippen LogP contribution >= 0.6 is 0 Å². The Morgan fingerprint density at radius 2 is 2.04 bits per heavy atom. The van der Waals surface area contributed by atoms with Gasteiger partial charge >= 0.3 is 0 Å². The molecular weight excluding hydrogens is 328 g/mol. The molecule has 2 aromatic rings. The monoisotopic (exact) mass is 350 g/mol. The Bertz CT molecular complexity index is 790. The Morgan fingerprint density at radius 3 is 2.75 bits per heavy atom. The summed E-state index contributed by atoms with van der Waals surface area (Å²) in [6, 6.07) is 1.55. The van der Waals surface area contributed by atoms with Gasteiger partial charge in [-0.05, 0) is 12.5 Å². The summed E-state index contributed by atoms with van der Waals surface area (Å²) in [5, 5.41) is 3.14. The first kappa shape index (κ1) is 16.8.